The molecule has 2 rings (SSSR count). The lowest BCUT2D eigenvalue weighted by atomic mass is 9.92. The van der Waals surface area contributed by atoms with Crippen LogP contribution in [-0.4, -0.2) is 27.3 Å². The fraction of sp³-hybridized carbons (Fsp3) is 0.786. The minimum Gasteiger partial charge on any atom is -0.465 e. The van der Waals surface area contributed by atoms with Gasteiger partial charge in [-0.2, -0.15) is 0 Å². The Kier molecular flexibility index (Phi) is 3.92. The second kappa shape index (κ2) is 5.31. The number of aromatic nitrogens is 3. The highest BCUT2D eigenvalue weighted by atomic mass is 16.5. The molecular formula is C14H23N3O2. The van der Waals surface area contributed by atoms with Crippen molar-refractivity contribution in [1.82, 2.24) is 14.8 Å². The van der Waals surface area contributed by atoms with Crippen LogP contribution in [0.3, 0.4) is 0 Å². The summed E-state index contributed by atoms with van der Waals surface area (Å²) < 4.78 is 7.31. The molecule has 1 aliphatic carbocycles. The van der Waals surface area contributed by atoms with Crippen LogP contribution in [0.25, 0.3) is 0 Å². The minimum absolute atomic E-state index is 0.235. The van der Waals surface area contributed by atoms with E-state index in [9.17, 15) is 4.79 Å². The monoisotopic (exact) mass is 265 g/mol. The van der Waals surface area contributed by atoms with Gasteiger partial charge in [0.2, 0.25) is 0 Å². The van der Waals surface area contributed by atoms with E-state index in [-0.39, 0.29) is 5.97 Å². The summed E-state index contributed by atoms with van der Waals surface area (Å²) >= 11 is 0. The van der Waals surface area contributed by atoms with Gasteiger partial charge < -0.3 is 9.30 Å². The van der Waals surface area contributed by atoms with Crippen LogP contribution in [0.15, 0.2) is 0 Å². The summed E-state index contributed by atoms with van der Waals surface area (Å²) in [6.07, 6.45) is 4.76. The number of aryl methyl sites for hydroxylation is 1. The molecule has 5 nitrogen and oxygen atoms in total. The van der Waals surface area contributed by atoms with Crippen molar-refractivity contribution in [3.8, 4) is 0 Å². The van der Waals surface area contributed by atoms with Gasteiger partial charge in [0.1, 0.15) is 17.1 Å². The van der Waals surface area contributed by atoms with Crippen LogP contribution in [0.2, 0.25) is 0 Å². The van der Waals surface area contributed by atoms with Crippen LogP contribution in [0.1, 0.15) is 64.1 Å². The SMILES string of the molecule is CCOC(=O)C(C)(C)c1nnc(C)n1C1CCCC1. The first-order valence-electron chi connectivity index (χ1n) is 7.07. The van der Waals surface area contributed by atoms with Gasteiger partial charge in [-0.1, -0.05) is 12.8 Å². The second-order valence-electron chi connectivity index (χ2n) is 5.72. The largest absolute Gasteiger partial charge is 0.465 e. The van der Waals surface area contributed by atoms with Gasteiger partial charge in [-0.05, 0) is 40.5 Å². The van der Waals surface area contributed by atoms with Crippen molar-refractivity contribution in [2.45, 2.75) is 64.8 Å². The normalized spacial score (nSPS) is 16.8. The fourth-order valence-corrected chi connectivity index (χ4v) is 2.80. The van der Waals surface area contributed by atoms with Gasteiger partial charge in [-0.15, -0.1) is 10.2 Å². The van der Waals surface area contributed by atoms with Gasteiger partial charge in [0.25, 0.3) is 0 Å². The van der Waals surface area contributed by atoms with Crippen molar-refractivity contribution >= 4 is 5.97 Å². The number of hydrogen-bond donors (Lipinski definition) is 0. The Bertz CT molecular complexity index is 459. The van der Waals surface area contributed by atoms with Crippen LogP contribution in [0, 0.1) is 6.92 Å². The molecule has 1 aliphatic rings. The van der Waals surface area contributed by atoms with Gasteiger partial charge in [0, 0.05) is 6.04 Å². The van der Waals surface area contributed by atoms with Crippen LogP contribution in [0.5, 0.6) is 0 Å². The zero-order chi connectivity index (χ0) is 14.0. The molecule has 0 unspecified atom stereocenters. The fourth-order valence-electron chi connectivity index (χ4n) is 2.80. The Hall–Kier alpha value is -1.39. The molecule has 0 saturated heterocycles. The van der Waals surface area contributed by atoms with E-state index < -0.39 is 5.41 Å². The van der Waals surface area contributed by atoms with E-state index >= 15 is 0 Å². The third-order valence-corrected chi connectivity index (χ3v) is 3.90. The molecule has 1 fully saturated rings. The molecule has 0 N–H and O–H groups in total. The van der Waals surface area contributed by atoms with E-state index in [4.69, 9.17) is 4.74 Å². The molecule has 1 aromatic heterocycles. The molecule has 1 aromatic rings. The van der Waals surface area contributed by atoms with Crippen LogP contribution >= 0.6 is 0 Å². The van der Waals surface area contributed by atoms with Crippen molar-refractivity contribution < 1.29 is 9.53 Å². The lowest BCUT2D eigenvalue weighted by Gasteiger charge is -2.25. The lowest BCUT2D eigenvalue weighted by Crippen LogP contribution is -2.35. The average Bonchev–Trinajstić information content (AvgIpc) is 2.97. The standard InChI is InChI=1S/C14H23N3O2/c1-5-19-13(18)14(3,4)12-16-15-10(2)17(12)11-8-6-7-9-11/h11H,5-9H2,1-4H3. The molecule has 19 heavy (non-hydrogen) atoms. The summed E-state index contributed by atoms with van der Waals surface area (Å²) in [5.74, 6) is 1.39. The first kappa shape index (κ1) is 14.0. The summed E-state index contributed by atoms with van der Waals surface area (Å²) in [5, 5.41) is 8.42. The first-order chi connectivity index (χ1) is 8.98. The smallest absolute Gasteiger partial charge is 0.319 e. The van der Waals surface area contributed by atoms with Gasteiger partial charge >= 0.3 is 5.97 Å². The highest BCUT2D eigenvalue weighted by Gasteiger charge is 2.38. The van der Waals surface area contributed by atoms with Crippen molar-refractivity contribution in [1.29, 1.82) is 0 Å². The maximum Gasteiger partial charge on any atom is 0.319 e. The van der Waals surface area contributed by atoms with Crippen LogP contribution in [0.4, 0.5) is 0 Å². The van der Waals surface area contributed by atoms with E-state index in [1.54, 1.807) is 0 Å². The van der Waals surface area contributed by atoms with E-state index in [1.165, 1.54) is 12.8 Å². The van der Waals surface area contributed by atoms with Gasteiger partial charge in [0.15, 0.2) is 0 Å². The Balaban J connectivity index is 2.36. The molecule has 5 heteroatoms. The molecule has 106 valence electrons. The molecule has 1 heterocycles. The highest BCUT2D eigenvalue weighted by molar-refractivity contribution is 5.81. The van der Waals surface area contributed by atoms with E-state index in [1.807, 2.05) is 27.7 Å². The van der Waals surface area contributed by atoms with E-state index in [0.29, 0.717) is 12.6 Å². The number of carbonyl (C=O) groups is 1. The molecule has 0 atom stereocenters. The molecule has 1 saturated carbocycles. The Morgan fingerprint density at radius 3 is 2.58 bits per heavy atom. The lowest BCUT2D eigenvalue weighted by molar-refractivity contribution is -0.149. The topological polar surface area (TPSA) is 57.0 Å². The van der Waals surface area contributed by atoms with Gasteiger partial charge in [0.05, 0.1) is 6.61 Å². The zero-order valence-electron chi connectivity index (χ0n) is 12.3. The number of hydrogen-bond acceptors (Lipinski definition) is 4. The van der Waals surface area contributed by atoms with Crippen molar-refractivity contribution in [3.63, 3.8) is 0 Å². The van der Waals surface area contributed by atoms with Crippen LogP contribution < -0.4 is 0 Å². The molecule has 0 aromatic carbocycles. The minimum atomic E-state index is -0.750. The summed E-state index contributed by atoms with van der Waals surface area (Å²) in [5.41, 5.74) is -0.750. The van der Waals surface area contributed by atoms with Crippen molar-refractivity contribution in [2.24, 2.45) is 0 Å². The zero-order valence-corrected chi connectivity index (χ0v) is 12.3. The number of carbonyl (C=O) groups excluding carboxylic acids is 1. The second-order valence-corrected chi connectivity index (χ2v) is 5.72. The molecule has 0 aliphatic heterocycles. The first-order valence-corrected chi connectivity index (χ1v) is 7.07. The molecule has 0 bridgehead atoms. The Labute approximate surface area is 114 Å². The summed E-state index contributed by atoms with van der Waals surface area (Å²) in [6.45, 7) is 7.88. The molecule has 0 amide bonds. The maximum absolute atomic E-state index is 12.1. The molecule has 0 radical (unpaired) electrons. The number of ether oxygens (including phenoxy) is 1. The predicted molar refractivity (Wildman–Crippen MR) is 71.9 cm³/mol. The Morgan fingerprint density at radius 1 is 1.37 bits per heavy atom. The van der Waals surface area contributed by atoms with Crippen LogP contribution in [-0.2, 0) is 14.9 Å². The van der Waals surface area contributed by atoms with Crippen molar-refractivity contribution in [3.05, 3.63) is 11.6 Å². The third kappa shape index (κ3) is 2.51. The highest BCUT2D eigenvalue weighted by Crippen LogP contribution is 2.34. The summed E-state index contributed by atoms with van der Waals surface area (Å²) in [6, 6.07) is 0.429. The molecular weight excluding hydrogens is 242 g/mol. The van der Waals surface area contributed by atoms with Gasteiger partial charge in [-0.25, -0.2) is 0 Å². The molecule has 0 spiro atoms. The number of esters is 1. The average molecular weight is 265 g/mol. The number of rotatable bonds is 4. The van der Waals surface area contributed by atoms with E-state index in [2.05, 4.69) is 14.8 Å². The quantitative estimate of drug-likeness (QED) is 0.785. The Morgan fingerprint density at radius 2 is 2.00 bits per heavy atom. The predicted octanol–water partition coefficient (Wildman–Crippen LogP) is 2.54. The van der Waals surface area contributed by atoms with E-state index in [0.717, 1.165) is 24.5 Å². The van der Waals surface area contributed by atoms with Gasteiger partial charge in [-0.3, -0.25) is 4.79 Å². The summed E-state index contributed by atoms with van der Waals surface area (Å²) in [7, 11) is 0. The number of nitrogens with zero attached hydrogens (tertiary/aromatic N) is 3. The summed E-state index contributed by atoms with van der Waals surface area (Å²) in [4.78, 5) is 12.1. The van der Waals surface area contributed by atoms with Crippen molar-refractivity contribution in [2.75, 3.05) is 6.61 Å². The maximum atomic E-state index is 12.1. The third-order valence-electron chi connectivity index (χ3n) is 3.90.